The van der Waals surface area contributed by atoms with Crippen molar-refractivity contribution in [3.05, 3.63) is 226 Å². The molecule has 4 aliphatic rings. The average Bonchev–Trinajstić information content (AvgIpc) is 4.04. The number of furan rings is 1. The number of fused-ring (bicyclic) bond motifs is 13. The molecule has 8 aromatic carbocycles. The zero-order valence-electron chi connectivity index (χ0n) is 39.6. The molecular formula is C64H54N2O. The second kappa shape index (κ2) is 13.6. The van der Waals surface area contributed by atoms with Crippen molar-refractivity contribution in [2.45, 2.75) is 77.0 Å². The molecule has 0 saturated carbocycles. The van der Waals surface area contributed by atoms with Gasteiger partial charge in [-0.05, 0) is 141 Å². The molecule has 0 radical (unpaired) electrons. The Kier molecular flexibility index (Phi) is 8.12. The molecule has 0 fully saturated rings. The van der Waals surface area contributed by atoms with Crippen molar-refractivity contribution >= 4 is 34.1 Å². The lowest BCUT2D eigenvalue weighted by Crippen LogP contribution is -2.23. The van der Waals surface area contributed by atoms with E-state index in [2.05, 4.69) is 247 Å². The van der Waals surface area contributed by atoms with Gasteiger partial charge in [0.1, 0.15) is 11.5 Å². The quantitative estimate of drug-likeness (QED) is 0.166. The van der Waals surface area contributed by atoms with Crippen molar-refractivity contribution in [2.75, 3.05) is 9.80 Å². The summed E-state index contributed by atoms with van der Waals surface area (Å²) in [5.41, 5.74) is 24.4. The molecule has 13 rings (SSSR count). The van der Waals surface area contributed by atoms with E-state index in [1.54, 1.807) is 0 Å². The third-order valence-electron chi connectivity index (χ3n) is 16.2. The first-order chi connectivity index (χ1) is 32.3. The van der Waals surface area contributed by atoms with E-state index in [-0.39, 0.29) is 21.7 Å². The molecule has 1 aromatic heterocycles. The Morgan fingerprint density at radius 3 is 0.940 bits per heavy atom. The number of para-hydroxylation sites is 2. The van der Waals surface area contributed by atoms with Gasteiger partial charge in [0, 0.05) is 78.0 Å². The number of hydrogen-bond acceptors (Lipinski definition) is 3. The first kappa shape index (κ1) is 40.0. The fourth-order valence-electron chi connectivity index (χ4n) is 12.8. The Bertz CT molecular complexity index is 3300. The minimum absolute atomic E-state index is 0.101. The van der Waals surface area contributed by atoms with Crippen LogP contribution < -0.4 is 9.80 Å². The Hall–Kier alpha value is -7.36. The van der Waals surface area contributed by atoms with Crippen molar-refractivity contribution in [2.24, 2.45) is 0 Å². The molecule has 0 amide bonds. The van der Waals surface area contributed by atoms with Crippen LogP contribution in [0.2, 0.25) is 0 Å². The lowest BCUT2D eigenvalue weighted by atomic mass is 9.74. The summed E-state index contributed by atoms with van der Waals surface area (Å²) in [6.45, 7) is 19.0. The SMILES string of the molecule is CC1(C)c2ccccc2-c2ccc(N(c3ccccc3)c3ccc4c(c3)C(C)(C)c3c-4oc4c3C(C)(C)c3cc(N(c5ccccc5)c5ccc6c(c5)C(C)(C)c5ccccc5-6)ccc3-4)cc21. The van der Waals surface area contributed by atoms with Gasteiger partial charge in [-0.15, -0.1) is 0 Å². The molecule has 4 aliphatic carbocycles. The summed E-state index contributed by atoms with van der Waals surface area (Å²) in [7, 11) is 0. The van der Waals surface area contributed by atoms with E-state index in [0.29, 0.717) is 0 Å². The molecule has 9 aromatic rings. The van der Waals surface area contributed by atoms with E-state index in [1.165, 1.54) is 77.9 Å². The second-order valence-corrected chi connectivity index (χ2v) is 21.4. The van der Waals surface area contributed by atoms with Gasteiger partial charge in [-0.2, -0.15) is 0 Å². The van der Waals surface area contributed by atoms with Gasteiger partial charge in [0.15, 0.2) is 0 Å². The van der Waals surface area contributed by atoms with Crippen LogP contribution in [0.5, 0.6) is 0 Å². The van der Waals surface area contributed by atoms with Crippen LogP contribution in [-0.4, -0.2) is 0 Å². The first-order valence-corrected chi connectivity index (χ1v) is 23.9. The molecule has 0 N–H and O–H groups in total. The molecule has 0 bridgehead atoms. The molecule has 0 saturated heterocycles. The fraction of sp³-hybridized carbons (Fsp3) is 0.188. The second-order valence-electron chi connectivity index (χ2n) is 21.4. The Morgan fingerprint density at radius 1 is 0.269 bits per heavy atom. The summed E-state index contributed by atoms with van der Waals surface area (Å²) in [5, 5.41) is 0. The van der Waals surface area contributed by atoms with Crippen LogP contribution in [-0.2, 0) is 21.7 Å². The molecule has 67 heavy (non-hydrogen) atoms. The molecule has 1 heterocycles. The van der Waals surface area contributed by atoms with E-state index < -0.39 is 0 Å². The Labute approximate surface area is 395 Å². The summed E-state index contributed by atoms with van der Waals surface area (Å²) >= 11 is 0. The molecule has 0 unspecified atom stereocenters. The number of nitrogens with zero attached hydrogens (tertiary/aromatic N) is 2. The van der Waals surface area contributed by atoms with Crippen molar-refractivity contribution in [3.63, 3.8) is 0 Å². The van der Waals surface area contributed by atoms with Gasteiger partial charge >= 0.3 is 0 Å². The van der Waals surface area contributed by atoms with Crippen molar-refractivity contribution in [1.29, 1.82) is 0 Å². The summed E-state index contributed by atoms with van der Waals surface area (Å²) in [5.74, 6) is 2.02. The molecule has 0 atom stereocenters. The molecule has 326 valence electrons. The maximum Gasteiger partial charge on any atom is 0.139 e. The van der Waals surface area contributed by atoms with Crippen LogP contribution in [0.1, 0.15) is 99.9 Å². The highest BCUT2D eigenvalue weighted by atomic mass is 16.3. The largest absolute Gasteiger partial charge is 0.455 e. The van der Waals surface area contributed by atoms with E-state index in [0.717, 1.165) is 45.6 Å². The Morgan fingerprint density at radius 2 is 0.567 bits per heavy atom. The molecule has 3 nitrogen and oxygen atoms in total. The average molecular weight is 867 g/mol. The predicted molar refractivity (Wildman–Crippen MR) is 278 cm³/mol. The third kappa shape index (κ3) is 5.40. The van der Waals surface area contributed by atoms with E-state index in [9.17, 15) is 0 Å². The highest BCUT2D eigenvalue weighted by Gasteiger charge is 2.50. The first-order valence-electron chi connectivity index (χ1n) is 23.9. The normalized spacial score (nSPS) is 16.2. The molecular weight excluding hydrogens is 813 g/mol. The third-order valence-corrected chi connectivity index (χ3v) is 16.2. The minimum Gasteiger partial charge on any atom is -0.455 e. The molecule has 0 spiro atoms. The summed E-state index contributed by atoms with van der Waals surface area (Å²) in [4.78, 5) is 4.86. The van der Waals surface area contributed by atoms with Gasteiger partial charge < -0.3 is 14.2 Å². The van der Waals surface area contributed by atoms with Crippen LogP contribution in [0, 0.1) is 0 Å². The maximum atomic E-state index is 7.21. The van der Waals surface area contributed by atoms with Gasteiger partial charge in [-0.25, -0.2) is 0 Å². The number of anilines is 6. The monoisotopic (exact) mass is 866 g/mol. The van der Waals surface area contributed by atoms with Gasteiger partial charge in [0.2, 0.25) is 0 Å². The zero-order valence-corrected chi connectivity index (χ0v) is 39.6. The smallest absolute Gasteiger partial charge is 0.139 e. The van der Waals surface area contributed by atoms with Crippen molar-refractivity contribution in [3.8, 4) is 44.9 Å². The van der Waals surface area contributed by atoms with Crippen molar-refractivity contribution in [1.82, 2.24) is 0 Å². The van der Waals surface area contributed by atoms with Crippen LogP contribution in [0.4, 0.5) is 34.1 Å². The van der Waals surface area contributed by atoms with E-state index in [1.807, 2.05) is 0 Å². The summed E-state index contributed by atoms with van der Waals surface area (Å²) in [6.07, 6.45) is 0. The summed E-state index contributed by atoms with van der Waals surface area (Å²) < 4.78 is 7.21. The topological polar surface area (TPSA) is 19.6 Å². The number of benzene rings is 8. The lowest BCUT2D eigenvalue weighted by molar-refractivity contribution is 0.592. The van der Waals surface area contributed by atoms with Gasteiger partial charge in [0.05, 0.1) is 0 Å². The van der Waals surface area contributed by atoms with Crippen molar-refractivity contribution < 1.29 is 4.42 Å². The van der Waals surface area contributed by atoms with Crippen LogP contribution >= 0.6 is 0 Å². The van der Waals surface area contributed by atoms with Crippen LogP contribution in [0.25, 0.3) is 44.9 Å². The maximum absolute atomic E-state index is 7.21. The zero-order chi connectivity index (χ0) is 45.8. The van der Waals surface area contributed by atoms with Gasteiger partial charge in [-0.1, -0.05) is 152 Å². The minimum atomic E-state index is -0.311. The lowest BCUT2D eigenvalue weighted by Gasteiger charge is -2.31. The fourth-order valence-corrected chi connectivity index (χ4v) is 12.8. The molecule has 0 aliphatic heterocycles. The highest BCUT2D eigenvalue weighted by Crippen LogP contribution is 2.62. The van der Waals surface area contributed by atoms with Gasteiger partial charge in [0.25, 0.3) is 0 Å². The van der Waals surface area contributed by atoms with Crippen LogP contribution in [0.3, 0.4) is 0 Å². The predicted octanol–water partition coefficient (Wildman–Crippen LogP) is 17.4. The van der Waals surface area contributed by atoms with E-state index in [4.69, 9.17) is 4.42 Å². The number of rotatable bonds is 6. The number of hydrogen-bond donors (Lipinski definition) is 0. The van der Waals surface area contributed by atoms with Crippen LogP contribution in [0.15, 0.2) is 186 Å². The Balaban J connectivity index is 0.894. The van der Waals surface area contributed by atoms with E-state index >= 15 is 0 Å². The summed E-state index contributed by atoms with van der Waals surface area (Å²) in [6, 6.07) is 67.6. The standard InChI is InChI=1S/C64H54N2O/c1-61(2)51-25-17-15-23-45(51)47-31-27-41(35-53(47)61)65(39-19-11-9-12-20-39)43-29-33-49-55(37-43)63(5,6)57-58-60(67-59(49)57)50-34-30-44(38-56(50)64(58,7)8)66(40-21-13-10-14-22-40)42-28-32-48-46-24-16-18-26-52(46)62(3,4)54(48)36-42/h9-38H,1-8H3. The highest BCUT2D eigenvalue weighted by molar-refractivity contribution is 5.93. The van der Waals surface area contributed by atoms with Gasteiger partial charge in [-0.3, -0.25) is 0 Å². The molecule has 3 heteroatoms.